The summed E-state index contributed by atoms with van der Waals surface area (Å²) < 4.78 is 4.94. The summed E-state index contributed by atoms with van der Waals surface area (Å²) in [5.74, 6) is 0.849. The van der Waals surface area contributed by atoms with E-state index in [0.717, 1.165) is 22.4 Å². The molecular formula is C16H17N3O2. The number of rotatable bonds is 4. The normalized spacial score (nSPS) is 11.0. The summed E-state index contributed by atoms with van der Waals surface area (Å²) in [6.07, 6.45) is 3.65. The predicted molar refractivity (Wildman–Crippen MR) is 80.2 cm³/mol. The number of amides is 1. The van der Waals surface area contributed by atoms with E-state index in [-0.39, 0.29) is 5.91 Å². The number of carbonyl (C=O) groups excluding carboxylic acids is 1. The average Bonchev–Trinajstić information content (AvgIpc) is 3.13. The Morgan fingerprint density at radius 2 is 2.24 bits per heavy atom. The van der Waals surface area contributed by atoms with Crippen LogP contribution >= 0.6 is 0 Å². The van der Waals surface area contributed by atoms with E-state index in [4.69, 9.17) is 4.42 Å². The third-order valence-corrected chi connectivity index (χ3v) is 3.56. The standard InChI is InChI=1S/C16H17N3O2/c1-11-4-3-5-13-15(11)18-14(17-13)6-8-19(2)16(20)12-7-9-21-10-12/h3-5,7,9-10H,6,8H2,1-2H3,(H,17,18). The fraction of sp³-hybridized carbons (Fsp3) is 0.250. The maximum absolute atomic E-state index is 12.1. The van der Waals surface area contributed by atoms with E-state index in [2.05, 4.69) is 9.97 Å². The first kappa shape index (κ1) is 13.4. The van der Waals surface area contributed by atoms with Crippen LogP contribution in [0, 0.1) is 6.92 Å². The van der Waals surface area contributed by atoms with Gasteiger partial charge in [0.1, 0.15) is 12.1 Å². The lowest BCUT2D eigenvalue weighted by Crippen LogP contribution is -2.28. The molecule has 0 aliphatic rings. The number of imidazole rings is 1. The zero-order valence-corrected chi connectivity index (χ0v) is 12.1. The number of benzene rings is 1. The van der Waals surface area contributed by atoms with Crippen molar-refractivity contribution in [3.8, 4) is 0 Å². The summed E-state index contributed by atoms with van der Waals surface area (Å²) in [7, 11) is 1.78. The van der Waals surface area contributed by atoms with Crippen molar-refractivity contribution in [2.24, 2.45) is 0 Å². The average molecular weight is 283 g/mol. The molecule has 0 fully saturated rings. The van der Waals surface area contributed by atoms with Crippen LogP contribution in [0.5, 0.6) is 0 Å². The third kappa shape index (κ3) is 2.67. The molecule has 2 heterocycles. The van der Waals surface area contributed by atoms with Gasteiger partial charge < -0.3 is 14.3 Å². The number of aromatic amines is 1. The van der Waals surface area contributed by atoms with Crippen LogP contribution in [0.2, 0.25) is 0 Å². The van der Waals surface area contributed by atoms with Crippen molar-refractivity contribution in [1.29, 1.82) is 0 Å². The van der Waals surface area contributed by atoms with Gasteiger partial charge in [-0.15, -0.1) is 0 Å². The van der Waals surface area contributed by atoms with Crippen LogP contribution in [-0.2, 0) is 6.42 Å². The lowest BCUT2D eigenvalue weighted by Gasteiger charge is -2.15. The Balaban J connectivity index is 1.69. The van der Waals surface area contributed by atoms with Crippen molar-refractivity contribution >= 4 is 16.9 Å². The Labute approximate surface area is 122 Å². The highest BCUT2D eigenvalue weighted by molar-refractivity contribution is 5.93. The molecule has 3 aromatic rings. The molecule has 0 aliphatic heterocycles. The van der Waals surface area contributed by atoms with Crippen LogP contribution in [0.25, 0.3) is 11.0 Å². The van der Waals surface area contributed by atoms with Gasteiger partial charge in [0.25, 0.3) is 5.91 Å². The maximum atomic E-state index is 12.1. The van der Waals surface area contributed by atoms with Gasteiger partial charge in [0, 0.05) is 20.0 Å². The lowest BCUT2D eigenvalue weighted by atomic mass is 10.2. The number of nitrogens with one attached hydrogen (secondary N) is 1. The number of fused-ring (bicyclic) bond motifs is 1. The topological polar surface area (TPSA) is 62.1 Å². The van der Waals surface area contributed by atoms with Gasteiger partial charge in [-0.25, -0.2) is 4.98 Å². The summed E-state index contributed by atoms with van der Waals surface area (Å²) in [4.78, 5) is 21.7. The highest BCUT2D eigenvalue weighted by Gasteiger charge is 2.13. The van der Waals surface area contributed by atoms with Crippen molar-refractivity contribution in [3.05, 3.63) is 53.7 Å². The molecule has 1 amide bonds. The summed E-state index contributed by atoms with van der Waals surface area (Å²) in [6, 6.07) is 7.73. The van der Waals surface area contributed by atoms with Crippen LogP contribution < -0.4 is 0 Å². The summed E-state index contributed by atoms with van der Waals surface area (Å²) in [5.41, 5.74) is 3.75. The molecule has 108 valence electrons. The van der Waals surface area contributed by atoms with Gasteiger partial charge in [-0.3, -0.25) is 4.79 Å². The molecule has 0 unspecified atom stereocenters. The van der Waals surface area contributed by atoms with Crippen LogP contribution in [0.15, 0.2) is 41.2 Å². The van der Waals surface area contributed by atoms with Crippen LogP contribution in [0.1, 0.15) is 21.7 Å². The fourth-order valence-corrected chi connectivity index (χ4v) is 2.33. The number of furan rings is 1. The molecule has 5 nitrogen and oxygen atoms in total. The minimum Gasteiger partial charge on any atom is -0.472 e. The zero-order valence-electron chi connectivity index (χ0n) is 12.1. The number of aryl methyl sites for hydroxylation is 1. The maximum Gasteiger partial charge on any atom is 0.256 e. The molecular weight excluding hydrogens is 266 g/mol. The Morgan fingerprint density at radius 3 is 2.95 bits per heavy atom. The van der Waals surface area contributed by atoms with Crippen molar-refractivity contribution in [2.45, 2.75) is 13.3 Å². The lowest BCUT2D eigenvalue weighted by molar-refractivity contribution is 0.0795. The van der Waals surface area contributed by atoms with Gasteiger partial charge in [0.2, 0.25) is 0 Å². The van der Waals surface area contributed by atoms with E-state index >= 15 is 0 Å². The minimum absolute atomic E-state index is 0.0453. The first-order valence-corrected chi connectivity index (χ1v) is 6.87. The van der Waals surface area contributed by atoms with E-state index < -0.39 is 0 Å². The highest BCUT2D eigenvalue weighted by atomic mass is 16.3. The molecule has 1 N–H and O–H groups in total. The molecule has 0 saturated heterocycles. The van der Waals surface area contributed by atoms with Crippen molar-refractivity contribution < 1.29 is 9.21 Å². The monoisotopic (exact) mass is 283 g/mol. The molecule has 0 radical (unpaired) electrons. The molecule has 2 aromatic heterocycles. The molecule has 0 atom stereocenters. The van der Waals surface area contributed by atoms with E-state index in [9.17, 15) is 4.79 Å². The van der Waals surface area contributed by atoms with Gasteiger partial charge in [0.05, 0.1) is 22.9 Å². The second kappa shape index (κ2) is 5.44. The molecule has 0 bridgehead atoms. The summed E-state index contributed by atoms with van der Waals surface area (Å²) in [6.45, 7) is 2.64. The summed E-state index contributed by atoms with van der Waals surface area (Å²) in [5, 5.41) is 0. The van der Waals surface area contributed by atoms with Crippen LogP contribution in [-0.4, -0.2) is 34.4 Å². The number of hydrogen-bond acceptors (Lipinski definition) is 3. The van der Waals surface area contributed by atoms with E-state index in [1.165, 1.54) is 12.5 Å². The van der Waals surface area contributed by atoms with Gasteiger partial charge >= 0.3 is 0 Å². The molecule has 0 spiro atoms. The second-order valence-corrected chi connectivity index (χ2v) is 5.14. The van der Waals surface area contributed by atoms with Gasteiger partial charge in [-0.05, 0) is 24.6 Å². The molecule has 0 saturated carbocycles. The van der Waals surface area contributed by atoms with Crippen LogP contribution in [0.3, 0.4) is 0 Å². The predicted octanol–water partition coefficient (Wildman–Crippen LogP) is 2.78. The van der Waals surface area contributed by atoms with Gasteiger partial charge in [-0.1, -0.05) is 12.1 Å². The quantitative estimate of drug-likeness (QED) is 0.801. The Kier molecular flexibility index (Phi) is 3.48. The zero-order chi connectivity index (χ0) is 14.8. The van der Waals surface area contributed by atoms with Gasteiger partial charge in [-0.2, -0.15) is 0 Å². The number of H-pyrrole nitrogens is 1. The number of nitrogens with zero attached hydrogens (tertiary/aromatic N) is 2. The third-order valence-electron chi connectivity index (χ3n) is 3.56. The van der Waals surface area contributed by atoms with Crippen LogP contribution in [0.4, 0.5) is 0 Å². The highest BCUT2D eigenvalue weighted by Crippen LogP contribution is 2.15. The largest absolute Gasteiger partial charge is 0.472 e. The van der Waals surface area contributed by atoms with Crippen molar-refractivity contribution in [1.82, 2.24) is 14.9 Å². The first-order chi connectivity index (χ1) is 10.1. The van der Waals surface area contributed by atoms with Crippen molar-refractivity contribution in [3.63, 3.8) is 0 Å². The molecule has 21 heavy (non-hydrogen) atoms. The number of hydrogen-bond donors (Lipinski definition) is 1. The van der Waals surface area contributed by atoms with E-state index in [1.807, 2.05) is 25.1 Å². The molecule has 3 rings (SSSR count). The molecule has 0 aliphatic carbocycles. The Morgan fingerprint density at radius 1 is 1.38 bits per heavy atom. The number of para-hydroxylation sites is 1. The second-order valence-electron chi connectivity index (χ2n) is 5.14. The fourth-order valence-electron chi connectivity index (χ4n) is 2.33. The van der Waals surface area contributed by atoms with Gasteiger partial charge in [0.15, 0.2) is 0 Å². The number of likely N-dealkylation sites (N-methyl/N-ethyl adjacent to an activating group) is 1. The van der Waals surface area contributed by atoms with Crippen molar-refractivity contribution in [2.75, 3.05) is 13.6 Å². The minimum atomic E-state index is -0.0453. The Hall–Kier alpha value is -2.56. The SMILES string of the molecule is Cc1cccc2[nH]c(CCN(C)C(=O)c3ccoc3)nc12. The molecule has 1 aromatic carbocycles. The first-order valence-electron chi connectivity index (χ1n) is 6.87. The number of aromatic nitrogens is 2. The van der Waals surface area contributed by atoms with E-state index in [0.29, 0.717) is 18.5 Å². The van der Waals surface area contributed by atoms with E-state index in [1.54, 1.807) is 18.0 Å². The summed E-state index contributed by atoms with van der Waals surface area (Å²) >= 11 is 0. The smallest absolute Gasteiger partial charge is 0.256 e. The Bertz CT molecular complexity index is 759. The molecule has 5 heteroatoms. The number of carbonyl (C=O) groups is 1.